The Morgan fingerprint density at radius 2 is 1.20 bits per heavy atom. The average molecular weight is 649 g/mol. The number of alkyl halides is 6. The van der Waals surface area contributed by atoms with Crippen LogP contribution in [0.4, 0.5) is 26.3 Å². The van der Waals surface area contributed by atoms with E-state index >= 15 is 0 Å². The van der Waals surface area contributed by atoms with Crippen LogP contribution < -0.4 is 4.74 Å². The molecule has 2 aliphatic heterocycles. The Labute approximate surface area is 259 Å². The van der Waals surface area contributed by atoms with Crippen LogP contribution in [-0.2, 0) is 25.6 Å². The van der Waals surface area contributed by atoms with Gasteiger partial charge in [0.2, 0.25) is 0 Å². The minimum Gasteiger partial charge on any atom is -0.496 e. The average Bonchev–Trinajstić information content (AvgIpc) is 2.90. The zero-order chi connectivity index (χ0) is 33.6. The van der Waals surface area contributed by atoms with Crippen molar-refractivity contribution in [3.05, 3.63) is 64.2 Å². The highest BCUT2D eigenvalue weighted by Crippen LogP contribution is 2.58. The fourth-order valence-corrected chi connectivity index (χ4v) is 6.41. The smallest absolute Gasteiger partial charge is 0.415 e. The van der Waals surface area contributed by atoms with Gasteiger partial charge in [0.05, 0.1) is 63.2 Å². The summed E-state index contributed by atoms with van der Waals surface area (Å²) in [4.78, 5) is 0. The Balaban J connectivity index is 1.40. The van der Waals surface area contributed by atoms with Gasteiger partial charge < -0.3 is 28.8 Å². The number of benzene rings is 2. The lowest BCUT2D eigenvalue weighted by molar-refractivity contribution is -0.366. The van der Waals surface area contributed by atoms with E-state index in [0.29, 0.717) is 22.4 Å². The van der Waals surface area contributed by atoms with E-state index in [4.69, 9.17) is 23.7 Å². The van der Waals surface area contributed by atoms with Crippen LogP contribution in [0.5, 0.6) is 5.75 Å². The Hall–Kier alpha value is -2.38. The molecular formula is C33H42F6O6. The predicted octanol–water partition coefficient (Wildman–Crippen LogP) is 7.58. The maximum Gasteiger partial charge on any atom is 0.415 e. The first-order chi connectivity index (χ1) is 20.8. The summed E-state index contributed by atoms with van der Waals surface area (Å²) in [6.45, 7) is 9.32. The highest BCUT2D eigenvalue weighted by atomic mass is 19.4. The van der Waals surface area contributed by atoms with Crippen LogP contribution in [0, 0.1) is 30.1 Å². The normalized spacial score (nSPS) is 28.8. The van der Waals surface area contributed by atoms with Crippen molar-refractivity contribution >= 4 is 0 Å². The van der Waals surface area contributed by atoms with E-state index < -0.39 is 53.0 Å². The van der Waals surface area contributed by atoms with Crippen molar-refractivity contribution in [3.63, 3.8) is 0 Å². The minimum absolute atomic E-state index is 0.000613. The van der Waals surface area contributed by atoms with Crippen LogP contribution in [0.1, 0.15) is 67.7 Å². The van der Waals surface area contributed by atoms with Gasteiger partial charge in [0, 0.05) is 5.41 Å². The van der Waals surface area contributed by atoms with Gasteiger partial charge in [-0.1, -0.05) is 52.0 Å². The van der Waals surface area contributed by atoms with Gasteiger partial charge in [0.15, 0.2) is 12.2 Å². The molecule has 0 radical (unpaired) electrons. The first-order valence-corrected chi connectivity index (χ1v) is 14.7. The molecule has 0 aliphatic carbocycles. The van der Waals surface area contributed by atoms with E-state index in [2.05, 4.69) is 0 Å². The molecule has 2 saturated heterocycles. The molecule has 2 fully saturated rings. The molecule has 252 valence electrons. The summed E-state index contributed by atoms with van der Waals surface area (Å²) in [5.41, 5.74) is -0.285. The third-order valence-corrected chi connectivity index (χ3v) is 8.91. The van der Waals surface area contributed by atoms with Crippen LogP contribution in [0.3, 0.4) is 0 Å². The molecule has 12 heteroatoms. The number of ether oxygens (including phenoxy) is 5. The van der Waals surface area contributed by atoms with Gasteiger partial charge in [-0.2, -0.15) is 26.3 Å². The predicted molar refractivity (Wildman–Crippen MR) is 154 cm³/mol. The molecular weight excluding hydrogens is 606 g/mol. The fourth-order valence-electron chi connectivity index (χ4n) is 6.41. The van der Waals surface area contributed by atoms with E-state index in [1.54, 1.807) is 64.1 Å². The largest absolute Gasteiger partial charge is 0.496 e. The summed E-state index contributed by atoms with van der Waals surface area (Å²) in [6, 6.07) is 10.1. The van der Waals surface area contributed by atoms with Crippen LogP contribution in [0.25, 0.3) is 0 Å². The SMILES string of the molecule is COc1ccc(C2OC(C(F)(F)F)C2(C)COCC(C)(C)COCC2(C)C(c3ccc(CO)c(C)c3)OC2C(F)(F)F)cc1C. The first kappa shape index (κ1) is 35.5. The van der Waals surface area contributed by atoms with Crippen molar-refractivity contribution < 1.29 is 55.1 Å². The van der Waals surface area contributed by atoms with Crippen molar-refractivity contribution in [2.24, 2.45) is 16.2 Å². The van der Waals surface area contributed by atoms with Gasteiger partial charge in [-0.05, 0) is 53.8 Å². The highest BCUT2D eigenvalue weighted by molar-refractivity contribution is 5.39. The summed E-state index contributed by atoms with van der Waals surface area (Å²) in [7, 11) is 1.51. The maximum absolute atomic E-state index is 13.9. The van der Waals surface area contributed by atoms with Crippen LogP contribution in [0.15, 0.2) is 36.4 Å². The third kappa shape index (κ3) is 7.15. The standard InChI is InChI=1S/C33H42F6O6/c1-19-12-21(8-9-23(19)14-40)25-30(5,27(44-25)32(34,35)36)17-42-15-29(3,4)16-43-18-31(6)26(45-28(31)33(37,38)39)22-10-11-24(41-7)20(2)13-22/h8-13,25-28,40H,14-18H2,1-7H3. The molecule has 2 aromatic rings. The van der Waals surface area contributed by atoms with Crippen LogP contribution in [0.2, 0.25) is 0 Å². The molecule has 2 aromatic carbocycles. The van der Waals surface area contributed by atoms with E-state index in [0.717, 1.165) is 11.1 Å². The quantitative estimate of drug-likeness (QED) is 0.240. The number of hydrogen-bond donors (Lipinski definition) is 1. The summed E-state index contributed by atoms with van der Waals surface area (Å²) < 4.78 is 111. The number of aryl methyl sites for hydroxylation is 2. The van der Waals surface area contributed by atoms with Crippen molar-refractivity contribution in [2.75, 3.05) is 33.5 Å². The second-order valence-electron chi connectivity index (χ2n) is 13.6. The number of rotatable bonds is 12. The lowest BCUT2D eigenvalue weighted by atomic mass is 9.70. The number of methoxy groups -OCH3 is 1. The van der Waals surface area contributed by atoms with Crippen molar-refractivity contribution in [2.45, 2.75) is 84.9 Å². The topological polar surface area (TPSA) is 66.4 Å². The summed E-state index contributed by atoms with van der Waals surface area (Å²) in [5, 5.41) is 9.46. The number of halogens is 6. The zero-order valence-electron chi connectivity index (χ0n) is 26.6. The molecule has 6 nitrogen and oxygen atoms in total. The van der Waals surface area contributed by atoms with Crippen molar-refractivity contribution in [1.29, 1.82) is 0 Å². The Kier molecular flexibility index (Phi) is 9.99. The van der Waals surface area contributed by atoms with E-state index in [9.17, 15) is 31.4 Å². The lowest BCUT2D eigenvalue weighted by Gasteiger charge is -2.54. The summed E-state index contributed by atoms with van der Waals surface area (Å²) in [5.74, 6) is 0.607. The van der Waals surface area contributed by atoms with E-state index in [-0.39, 0.29) is 33.0 Å². The van der Waals surface area contributed by atoms with Gasteiger partial charge in [-0.15, -0.1) is 0 Å². The molecule has 0 bridgehead atoms. The molecule has 4 rings (SSSR count). The number of aliphatic hydroxyl groups is 1. The number of hydrogen-bond acceptors (Lipinski definition) is 6. The van der Waals surface area contributed by atoms with Crippen LogP contribution >= 0.6 is 0 Å². The molecule has 0 saturated carbocycles. The lowest BCUT2D eigenvalue weighted by Crippen LogP contribution is -2.61. The van der Waals surface area contributed by atoms with E-state index in [1.165, 1.54) is 21.0 Å². The molecule has 2 aliphatic rings. The zero-order valence-corrected chi connectivity index (χ0v) is 26.6. The van der Waals surface area contributed by atoms with Crippen molar-refractivity contribution in [3.8, 4) is 5.75 Å². The minimum atomic E-state index is -4.61. The summed E-state index contributed by atoms with van der Waals surface area (Å²) in [6.07, 6.45) is -15.0. The van der Waals surface area contributed by atoms with Gasteiger partial charge in [-0.25, -0.2) is 0 Å². The van der Waals surface area contributed by atoms with Gasteiger partial charge in [0.1, 0.15) is 5.75 Å². The molecule has 1 N–H and O–H groups in total. The van der Waals surface area contributed by atoms with Gasteiger partial charge in [-0.3, -0.25) is 0 Å². The second kappa shape index (κ2) is 12.7. The Bertz CT molecular complexity index is 1240. The Morgan fingerprint density at radius 3 is 1.58 bits per heavy atom. The van der Waals surface area contributed by atoms with Crippen LogP contribution in [-0.4, -0.2) is 63.2 Å². The van der Waals surface area contributed by atoms with Crippen molar-refractivity contribution in [1.82, 2.24) is 0 Å². The molecule has 0 amide bonds. The highest BCUT2D eigenvalue weighted by Gasteiger charge is 2.66. The molecule has 45 heavy (non-hydrogen) atoms. The third-order valence-electron chi connectivity index (χ3n) is 8.91. The summed E-state index contributed by atoms with van der Waals surface area (Å²) >= 11 is 0. The molecule has 2 heterocycles. The fraction of sp³-hybridized carbons (Fsp3) is 0.636. The number of aliphatic hydroxyl groups excluding tert-OH is 1. The van der Waals surface area contributed by atoms with Gasteiger partial charge >= 0.3 is 12.4 Å². The maximum atomic E-state index is 13.9. The molecule has 0 spiro atoms. The molecule has 6 unspecified atom stereocenters. The first-order valence-electron chi connectivity index (χ1n) is 14.7. The Morgan fingerprint density at radius 1 is 0.756 bits per heavy atom. The second-order valence-corrected chi connectivity index (χ2v) is 13.6. The van der Waals surface area contributed by atoms with Gasteiger partial charge in [0.25, 0.3) is 0 Å². The van der Waals surface area contributed by atoms with E-state index in [1.807, 2.05) is 0 Å². The molecule has 0 aromatic heterocycles. The monoisotopic (exact) mass is 648 g/mol. The molecule has 6 atom stereocenters.